The predicted octanol–water partition coefficient (Wildman–Crippen LogP) is 2.36. The Morgan fingerprint density at radius 3 is 2.77 bits per heavy atom. The van der Waals surface area contributed by atoms with Crippen molar-refractivity contribution in [1.29, 1.82) is 0 Å². The van der Waals surface area contributed by atoms with Gasteiger partial charge in [0.25, 0.3) is 0 Å². The molecule has 1 fully saturated rings. The van der Waals surface area contributed by atoms with Crippen LogP contribution in [0.15, 0.2) is 43.0 Å². The number of fused-ring (bicyclic) bond motifs is 1. The fraction of sp³-hybridized carbons (Fsp3) is 0.350. The van der Waals surface area contributed by atoms with Gasteiger partial charge >= 0.3 is 0 Å². The number of imidazole rings is 1. The van der Waals surface area contributed by atoms with Gasteiger partial charge in [0.1, 0.15) is 35.3 Å². The molecule has 1 N–H and O–H groups in total. The number of benzene rings is 1. The molecule has 1 unspecified atom stereocenters. The molecule has 3 aromatic heterocycles. The first-order valence-electron chi connectivity index (χ1n) is 9.85. The van der Waals surface area contributed by atoms with Crippen molar-refractivity contribution in [3.63, 3.8) is 0 Å². The molecule has 162 valence electrons. The van der Waals surface area contributed by atoms with Gasteiger partial charge in [0.15, 0.2) is 9.84 Å². The maximum Gasteiger partial charge on any atom is 0.150 e. The number of hydrogen-bond donors (Lipinski definition) is 1. The van der Waals surface area contributed by atoms with Crippen molar-refractivity contribution in [2.45, 2.75) is 24.9 Å². The predicted molar refractivity (Wildman–Crippen MR) is 116 cm³/mol. The fourth-order valence-electron chi connectivity index (χ4n) is 3.40. The maximum absolute atomic E-state index is 11.2. The fourth-order valence-corrected chi connectivity index (χ4v) is 5.09. The second-order valence-electron chi connectivity index (χ2n) is 7.69. The number of ether oxygens (including phenoxy) is 1. The number of aliphatic hydroxyl groups excluding tert-OH is 1. The third-order valence-electron chi connectivity index (χ3n) is 5.15. The van der Waals surface area contributed by atoms with Crippen LogP contribution < -0.4 is 4.74 Å². The Morgan fingerprint density at radius 1 is 1.29 bits per heavy atom. The van der Waals surface area contributed by atoms with Gasteiger partial charge in [0.05, 0.1) is 29.5 Å². The Labute approximate surface area is 182 Å². The zero-order valence-electron chi connectivity index (χ0n) is 16.7. The summed E-state index contributed by atoms with van der Waals surface area (Å²) in [7, 11) is -3.06. The number of sulfone groups is 1. The monoisotopic (exact) mass is 459 g/mol. The summed E-state index contributed by atoms with van der Waals surface area (Å²) in [4.78, 5) is 6.39. The Morgan fingerprint density at radius 2 is 2.06 bits per heavy atom. The van der Waals surface area contributed by atoms with Gasteiger partial charge in [0, 0.05) is 11.1 Å². The lowest BCUT2D eigenvalue weighted by molar-refractivity contribution is 0.208. The maximum atomic E-state index is 11.2. The van der Waals surface area contributed by atoms with Gasteiger partial charge in [-0.1, -0.05) is 5.21 Å². The molecule has 4 aromatic rings. The molecule has 0 aliphatic heterocycles. The third kappa shape index (κ3) is 4.21. The van der Waals surface area contributed by atoms with Crippen molar-refractivity contribution in [2.75, 3.05) is 18.6 Å². The molecule has 0 spiro atoms. The molecule has 5 rings (SSSR count). The van der Waals surface area contributed by atoms with Crippen LogP contribution in [-0.2, 0) is 9.84 Å². The SMILES string of the molecule is CS(=O)(=O)CCOc1ccc(-n2cc(C(O)c3c(C4CC4)sc4cncn34)nn2)cc1. The summed E-state index contributed by atoms with van der Waals surface area (Å²) in [6.45, 7) is 0.102. The molecule has 9 nitrogen and oxygen atoms in total. The molecule has 0 saturated heterocycles. The smallest absolute Gasteiger partial charge is 0.150 e. The van der Waals surface area contributed by atoms with E-state index in [1.807, 2.05) is 10.6 Å². The van der Waals surface area contributed by atoms with Gasteiger partial charge in [-0.25, -0.2) is 18.1 Å². The van der Waals surface area contributed by atoms with Crippen molar-refractivity contribution in [2.24, 2.45) is 0 Å². The lowest BCUT2D eigenvalue weighted by atomic mass is 10.1. The van der Waals surface area contributed by atoms with Crippen LogP contribution >= 0.6 is 11.3 Å². The first-order chi connectivity index (χ1) is 14.9. The van der Waals surface area contributed by atoms with E-state index in [9.17, 15) is 13.5 Å². The summed E-state index contributed by atoms with van der Waals surface area (Å²) in [5, 5.41) is 19.5. The van der Waals surface area contributed by atoms with Crippen LogP contribution in [0.1, 0.15) is 41.1 Å². The lowest BCUT2D eigenvalue weighted by Crippen LogP contribution is -2.12. The highest BCUT2D eigenvalue weighted by molar-refractivity contribution is 7.90. The molecule has 1 aliphatic rings. The van der Waals surface area contributed by atoms with E-state index in [0.29, 0.717) is 17.4 Å². The van der Waals surface area contributed by atoms with Gasteiger partial charge in [-0.05, 0) is 43.0 Å². The summed E-state index contributed by atoms with van der Waals surface area (Å²) in [6.07, 6.45) is 7.81. The second kappa shape index (κ2) is 7.74. The molecular formula is C20H21N5O4S2. The quantitative estimate of drug-likeness (QED) is 0.430. The molecule has 1 aromatic carbocycles. The topological polar surface area (TPSA) is 112 Å². The van der Waals surface area contributed by atoms with E-state index in [1.165, 1.54) is 11.1 Å². The van der Waals surface area contributed by atoms with Crippen molar-refractivity contribution in [3.8, 4) is 11.4 Å². The number of rotatable bonds is 8. The Balaban J connectivity index is 1.34. The van der Waals surface area contributed by atoms with Crippen LogP contribution in [0.3, 0.4) is 0 Å². The molecule has 11 heteroatoms. The van der Waals surface area contributed by atoms with Crippen molar-refractivity contribution in [3.05, 3.63) is 59.3 Å². The second-order valence-corrected chi connectivity index (χ2v) is 11.0. The molecule has 0 bridgehead atoms. The number of nitrogens with zero attached hydrogens (tertiary/aromatic N) is 5. The van der Waals surface area contributed by atoms with Crippen LogP contribution in [0.5, 0.6) is 5.75 Å². The van der Waals surface area contributed by atoms with Crippen LogP contribution in [0.4, 0.5) is 0 Å². The molecular weight excluding hydrogens is 438 g/mol. The van der Waals surface area contributed by atoms with Crippen molar-refractivity contribution >= 4 is 26.0 Å². The third-order valence-corrected chi connectivity index (χ3v) is 7.34. The Kier molecular flexibility index (Phi) is 5.03. The number of thiazole rings is 1. The molecule has 1 aliphatic carbocycles. The van der Waals surface area contributed by atoms with Crippen LogP contribution in [0.2, 0.25) is 0 Å². The minimum atomic E-state index is -3.06. The van der Waals surface area contributed by atoms with Crippen molar-refractivity contribution in [1.82, 2.24) is 24.4 Å². The summed E-state index contributed by atoms with van der Waals surface area (Å²) < 4.78 is 31.4. The number of aliphatic hydroxyl groups is 1. The van der Waals surface area contributed by atoms with Gasteiger partial charge in [0.2, 0.25) is 0 Å². The zero-order valence-corrected chi connectivity index (χ0v) is 18.4. The average Bonchev–Trinajstić information content (AvgIpc) is 3.13. The van der Waals surface area contributed by atoms with Crippen LogP contribution in [0.25, 0.3) is 10.5 Å². The van der Waals surface area contributed by atoms with E-state index in [2.05, 4.69) is 15.3 Å². The van der Waals surface area contributed by atoms with Gasteiger partial charge in [-0.3, -0.25) is 4.40 Å². The average molecular weight is 460 g/mol. The summed E-state index contributed by atoms with van der Waals surface area (Å²) in [6, 6.07) is 7.09. The molecule has 3 heterocycles. The first-order valence-corrected chi connectivity index (χ1v) is 12.7. The Hall–Kier alpha value is -2.76. The normalized spacial score (nSPS) is 15.4. The molecule has 0 amide bonds. The largest absolute Gasteiger partial charge is 0.493 e. The zero-order chi connectivity index (χ0) is 21.6. The summed E-state index contributed by atoms with van der Waals surface area (Å²) >= 11 is 1.67. The van der Waals surface area contributed by atoms with Crippen LogP contribution in [0, 0.1) is 0 Å². The van der Waals surface area contributed by atoms with E-state index >= 15 is 0 Å². The molecule has 1 atom stereocenters. The minimum absolute atomic E-state index is 0.0330. The molecule has 0 radical (unpaired) electrons. The van der Waals surface area contributed by atoms with Gasteiger partial charge in [-0.15, -0.1) is 16.4 Å². The van der Waals surface area contributed by atoms with Crippen molar-refractivity contribution < 1.29 is 18.3 Å². The highest BCUT2D eigenvalue weighted by Gasteiger charge is 2.33. The van der Waals surface area contributed by atoms with E-state index in [4.69, 9.17) is 4.74 Å². The summed E-state index contributed by atoms with van der Waals surface area (Å²) in [5.74, 6) is 1.04. The van der Waals surface area contributed by atoms with E-state index < -0.39 is 15.9 Å². The standard InChI is InChI=1S/C20H21N5O4S2/c1-31(27,28)9-8-29-15-6-4-14(5-7-15)25-11-16(22-23-25)19(26)18-20(13-2-3-13)30-17-10-21-12-24(17)18/h4-7,10-13,19,26H,2-3,8-9H2,1H3. The summed E-state index contributed by atoms with van der Waals surface area (Å²) in [5.41, 5.74) is 2.03. The van der Waals surface area contributed by atoms with Crippen LogP contribution in [-0.4, -0.2) is 56.5 Å². The van der Waals surface area contributed by atoms with E-state index in [-0.39, 0.29) is 12.4 Å². The van der Waals surface area contributed by atoms with Gasteiger partial charge in [-0.2, -0.15) is 0 Å². The number of hydrogen-bond acceptors (Lipinski definition) is 8. The van der Waals surface area contributed by atoms with E-state index in [1.54, 1.807) is 52.8 Å². The first kappa shape index (κ1) is 20.2. The minimum Gasteiger partial charge on any atom is -0.493 e. The van der Waals surface area contributed by atoms with Gasteiger partial charge < -0.3 is 9.84 Å². The molecule has 1 saturated carbocycles. The Bertz CT molecular complexity index is 1320. The lowest BCUT2D eigenvalue weighted by Gasteiger charge is -2.09. The molecule has 31 heavy (non-hydrogen) atoms. The highest BCUT2D eigenvalue weighted by atomic mass is 32.2. The van der Waals surface area contributed by atoms with E-state index in [0.717, 1.165) is 29.1 Å². The highest BCUT2D eigenvalue weighted by Crippen LogP contribution is 2.47. The number of aromatic nitrogens is 5.